The minimum Gasteiger partial charge on any atom is -0.481 e. The third kappa shape index (κ3) is 2.92. The van der Waals surface area contributed by atoms with Crippen molar-refractivity contribution in [2.24, 2.45) is 0 Å². The van der Waals surface area contributed by atoms with Gasteiger partial charge in [0.15, 0.2) is 5.16 Å². The zero-order valence-electron chi connectivity index (χ0n) is 10.9. The van der Waals surface area contributed by atoms with Gasteiger partial charge >= 0.3 is 5.97 Å². The molecule has 1 N–H and O–H groups in total. The fraction of sp³-hybridized carbons (Fsp3) is 0.308. The number of thioether (sulfide) groups is 1. The van der Waals surface area contributed by atoms with Crippen LogP contribution in [0.2, 0.25) is 0 Å². The summed E-state index contributed by atoms with van der Waals surface area (Å²) in [4.78, 5) is 15.1. The SMILES string of the molecule is COCCn1c(SCC(=O)O)nc2c(C#N)cccc21. The quantitative estimate of drug-likeness (QED) is 0.815. The molecule has 1 aromatic carbocycles. The van der Waals surface area contributed by atoms with E-state index in [0.29, 0.717) is 29.4 Å². The standard InChI is InChI=1S/C13H13N3O3S/c1-19-6-5-16-10-4-2-3-9(7-14)12(10)15-13(16)20-8-11(17)18/h2-4H,5-6,8H2,1H3,(H,17,18). The van der Waals surface area contributed by atoms with E-state index in [-0.39, 0.29) is 5.75 Å². The highest BCUT2D eigenvalue weighted by Gasteiger charge is 2.14. The second kappa shape index (κ2) is 6.41. The second-order valence-corrected chi connectivity index (χ2v) is 4.95. The van der Waals surface area contributed by atoms with Gasteiger partial charge in [-0.15, -0.1) is 0 Å². The minimum absolute atomic E-state index is 0.0712. The van der Waals surface area contributed by atoms with E-state index < -0.39 is 5.97 Å². The van der Waals surface area contributed by atoms with Gasteiger partial charge in [-0.3, -0.25) is 4.79 Å². The molecule has 0 atom stereocenters. The van der Waals surface area contributed by atoms with E-state index >= 15 is 0 Å². The van der Waals surface area contributed by atoms with Crippen molar-refractivity contribution in [3.05, 3.63) is 23.8 Å². The molecule has 2 aromatic rings. The molecule has 0 bridgehead atoms. The number of aliphatic carboxylic acids is 1. The van der Waals surface area contributed by atoms with E-state index in [1.165, 1.54) is 0 Å². The number of methoxy groups -OCH3 is 1. The van der Waals surface area contributed by atoms with E-state index in [0.717, 1.165) is 17.3 Å². The maximum absolute atomic E-state index is 10.7. The van der Waals surface area contributed by atoms with Crippen LogP contribution in [0.25, 0.3) is 11.0 Å². The monoisotopic (exact) mass is 291 g/mol. The number of carbonyl (C=O) groups is 1. The molecule has 2 rings (SSSR count). The van der Waals surface area contributed by atoms with Crippen LogP contribution in [0.4, 0.5) is 0 Å². The number of carboxylic acid groups (broad SMARTS) is 1. The van der Waals surface area contributed by atoms with E-state index in [1.807, 2.05) is 10.6 Å². The van der Waals surface area contributed by atoms with Crippen molar-refractivity contribution in [2.75, 3.05) is 19.5 Å². The Labute approximate surface area is 120 Å². The number of aromatic nitrogens is 2. The Morgan fingerprint density at radius 3 is 3.05 bits per heavy atom. The lowest BCUT2D eigenvalue weighted by molar-refractivity contribution is -0.133. The molecule has 0 unspecified atom stereocenters. The molecule has 0 aliphatic heterocycles. The van der Waals surface area contributed by atoms with Crippen LogP contribution in [0.5, 0.6) is 0 Å². The first-order valence-corrected chi connectivity index (χ1v) is 6.88. The third-order valence-electron chi connectivity index (χ3n) is 2.71. The number of nitriles is 1. The number of nitrogens with zero attached hydrogens (tertiary/aromatic N) is 3. The zero-order valence-corrected chi connectivity index (χ0v) is 11.7. The molecule has 0 radical (unpaired) electrons. The van der Waals surface area contributed by atoms with Crippen LogP contribution in [0.3, 0.4) is 0 Å². The summed E-state index contributed by atoms with van der Waals surface area (Å²) in [5.41, 5.74) is 1.89. The van der Waals surface area contributed by atoms with Crippen molar-refractivity contribution in [1.29, 1.82) is 5.26 Å². The number of ether oxygens (including phenoxy) is 1. The first-order valence-electron chi connectivity index (χ1n) is 5.90. The van der Waals surface area contributed by atoms with Gasteiger partial charge in [-0.05, 0) is 12.1 Å². The maximum Gasteiger partial charge on any atom is 0.313 e. The number of hydrogen-bond acceptors (Lipinski definition) is 5. The first-order chi connectivity index (χ1) is 9.67. The van der Waals surface area contributed by atoms with Gasteiger partial charge in [-0.25, -0.2) is 4.98 Å². The number of benzene rings is 1. The molecule has 6 nitrogen and oxygen atoms in total. The second-order valence-electron chi connectivity index (χ2n) is 4.01. The van der Waals surface area contributed by atoms with Gasteiger partial charge in [0.05, 0.1) is 23.4 Å². The molecule has 0 aliphatic rings. The summed E-state index contributed by atoms with van der Waals surface area (Å²) >= 11 is 1.14. The lowest BCUT2D eigenvalue weighted by Gasteiger charge is -2.07. The predicted octanol–water partition coefficient (Wildman–Crippen LogP) is 1.73. The lowest BCUT2D eigenvalue weighted by atomic mass is 10.2. The number of hydrogen-bond donors (Lipinski definition) is 1. The molecular weight excluding hydrogens is 278 g/mol. The average Bonchev–Trinajstić information content (AvgIpc) is 2.80. The molecule has 0 spiro atoms. The number of imidazole rings is 1. The van der Waals surface area contributed by atoms with Crippen molar-refractivity contribution in [1.82, 2.24) is 9.55 Å². The van der Waals surface area contributed by atoms with Crippen LogP contribution >= 0.6 is 11.8 Å². The third-order valence-corrected chi connectivity index (χ3v) is 3.67. The van der Waals surface area contributed by atoms with Gasteiger partial charge in [-0.1, -0.05) is 17.8 Å². The van der Waals surface area contributed by atoms with Gasteiger partial charge in [0.2, 0.25) is 0 Å². The minimum atomic E-state index is -0.902. The maximum atomic E-state index is 10.7. The molecule has 0 amide bonds. The normalized spacial score (nSPS) is 10.6. The van der Waals surface area contributed by atoms with Crippen LogP contribution in [0.15, 0.2) is 23.4 Å². The largest absolute Gasteiger partial charge is 0.481 e. The number of carboxylic acids is 1. The predicted molar refractivity (Wildman–Crippen MR) is 74.7 cm³/mol. The molecule has 0 fully saturated rings. The highest BCUT2D eigenvalue weighted by Crippen LogP contribution is 2.26. The number of fused-ring (bicyclic) bond motifs is 1. The lowest BCUT2D eigenvalue weighted by Crippen LogP contribution is -2.07. The summed E-state index contributed by atoms with van der Waals surface area (Å²) in [6.07, 6.45) is 0. The molecule has 0 aliphatic carbocycles. The Morgan fingerprint density at radius 1 is 1.60 bits per heavy atom. The molecule has 104 valence electrons. The van der Waals surface area contributed by atoms with Crippen LogP contribution in [0.1, 0.15) is 5.56 Å². The van der Waals surface area contributed by atoms with E-state index in [1.54, 1.807) is 19.2 Å². The molecule has 7 heteroatoms. The molecule has 0 saturated carbocycles. The molecular formula is C13H13N3O3S. The van der Waals surface area contributed by atoms with Gasteiger partial charge < -0.3 is 14.4 Å². The van der Waals surface area contributed by atoms with Crippen LogP contribution in [-0.2, 0) is 16.1 Å². The Morgan fingerprint density at radius 2 is 2.40 bits per heavy atom. The molecule has 20 heavy (non-hydrogen) atoms. The number of para-hydroxylation sites is 1. The zero-order chi connectivity index (χ0) is 14.5. The van der Waals surface area contributed by atoms with Crippen molar-refractivity contribution in [3.8, 4) is 6.07 Å². The molecule has 1 aromatic heterocycles. The molecule has 1 heterocycles. The van der Waals surface area contributed by atoms with Crippen molar-refractivity contribution < 1.29 is 14.6 Å². The summed E-state index contributed by atoms with van der Waals surface area (Å²) in [5, 5.41) is 18.5. The fourth-order valence-corrected chi connectivity index (χ4v) is 2.60. The summed E-state index contributed by atoms with van der Waals surface area (Å²) in [6.45, 7) is 1.05. The van der Waals surface area contributed by atoms with Crippen molar-refractivity contribution >= 4 is 28.8 Å². The van der Waals surface area contributed by atoms with E-state index in [9.17, 15) is 4.79 Å². The smallest absolute Gasteiger partial charge is 0.313 e. The van der Waals surface area contributed by atoms with Crippen LogP contribution < -0.4 is 0 Å². The average molecular weight is 291 g/mol. The van der Waals surface area contributed by atoms with Crippen LogP contribution in [0, 0.1) is 11.3 Å². The Kier molecular flexibility index (Phi) is 4.61. The summed E-state index contributed by atoms with van der Waals surface area (Å²) < 4.78 is 6.94. The van der Waals surface area contributed by atoms with Crippen molar-refractivity contribution in [3.63, 3.8) is 0 Å². The Hall–Kier alpha value is -2.04. The highest BCUT2D eigenvalue weighted by atomic mass is 32.2. The summed E-state index contributed by atoms with van der Waals surface area (Å²) in [6, 6.07) is 7.45. The summed E-state index contributed by atoms with van der Waals surface area (Å²) in [5.74, 6) is -0.973. The summed E-state index contributed by atoms with van der Waals surface area (Å²) in [7, 11) is 1.60. The van der Waals surface area contributed by atoms with Crippen LogP contribution in [-0.4, -0.2) is 40.1 Å². The van der Waals surface area contributed by atoms with Crippen molar-refractivity contribution in [2.45, 2.75) is 11.7 Å². The Bertz CT molecular complexity index is 675. The fourth-order valence-electron chi connectivity index (χ4n) is 1.85. The Balaban J connectivity index is 2.48. The first kappa shape index (κ1) is 14.4. The van der Waals surface area contributed by atoms with Gasteiger partial charge in [0.1, 0.15) is 11.6 Å². The van der Waals surface area contributed by atoms with Gasteiger partial charge in [0.25, 0.3) is 0 Å². The highest BCUT2D eigenvalue weighted by molar-refractivity contribution is 7.99. The van der Waals surface area contributed by atoms with E-state index in [2.05, 4.69) is 11.1 Å². The van der Waals surface area contributed by atoms with E-state index in [4.69, 9.17) is 15.1 Å². The number of rotatable bonds is 6. The topological polar surface area (TPSA) is 88.1 Å². The van der Waals surface area contributed by atoms with Gasteiger partial charge in [-0.2, -0.15) is 5.26 Å². The van der Waals surface area contributed by atoms with Gasteiger partial charge in [0, 0.05) is 13.7 Å². The molecule has 0 saturated heterocycles.